The van der Waals surface area contributed by atoms with Crippen LogP contribution in [0.15, 0.2) is 47.4 Å². The Morgan fingerprint density at radius 3 is 2.29 bits per heavy atom. The number of rotatable bonds is 4. The van der Waals surface area contributed by atoms with Crippen LogP contribution in [0.25, 0.3) is 0 Å². The summed E-state index contributed by atoms with van der Waals surface area (Å²) in [4.78, 5) is 10.1. The Morgan fingerprint density at radius 1 is 1.10 bits per heavy atom. The Hall–Kier alpha value is -1.68. The summed E-state index contributed by atoms with van der Waals surface area (Å²) in [5.41, 5.74) is -0.556. The molecule has 0 N–H and O–H groups in total. The van der Waals surface area contributed by atoms with Crippen LogP contribution in [0.5, 0.6) is 11.5 Å². The van der Waals surface area contributed by atoms with E-state index in [1.807, 2.05) is 22.6 Å². The largest absolute Gasteiger partial charge is 0.449 e. The average Bonchev–Trinajstić information content (AvgIpc) is 2.40. The second kappa shape index (κ2) is 5.98. The summed E-state index contributed by atoms with van der Waals surface area (Å²) in [6.07, 6.45) is 0.922. The van der Waals surface area contributed by atoms with E-state index in [4.69, 9.17) is 4.74 Å². The Bertz CT molecular complexity index is 804. The monoisotopic (exact) mass is 419 g/mol. The molecule has 0 amide bonds. The van der Waals surface area contributed by atoms with Crippen LogP contribution in [0, 0.1) is 13.7 Å². The zero-order chi connectivity index (χ0) is 15.6. The van der Waals surface area contributed by atoms with Gasteiger partial charge in [0, 0.05) is 6.26 Å². The number of nitro groups is 1. The molecule has 0 fully saturated rings. The molecule has 2 aromatic carbocycles. The lowest BCUT2D eigenvalue weighted by Gasteiger charge is -2.09. The van der Waals surface area contributed by atoms with Gasteiger partial charge in [0.1, 0.15) is 10.6 Å². The second-order valence-corrected chi connectivity index (χ2v) is 7.31. The molecule has 2 rings (SSSR count). The standard InChI is InChI=1S/C13H10INO5S/c1-21(18,19)12-8-4-7-11(13(12)15(16)17)20-10-6-3-2-5-9(10)14/h2-8H,1H3. The first-order valence-electron chi connectivity index (χ1n) is 5.70. The molecule has 0 aliphatic heterocycles. The molecule has 8 heteroatoms. The van der Waals surface area contributed by atoms with E-state index in [1.54, 1.807) is 24.3 Å². The van der Waals surface area contributed by atoms with Crippen molar-refractivity contribution >= 4 is 38.1 Å². The van der Waals surface area contributed by atoms with E-state index in [9.17, 15) is 18.5 Å². The Balaban J connectivity index is 2.60. The molecule has 0 unspecified atom stereocenters. The van der Waals surface area contributed by atoms with Gasteiger partial charge in [-0.15, -0.1) is 0 Å². The first-order chi connectivity index (χ1) is 9.80. The lowest BCUT2D eigenvalue weighted by molar-refractivity contribution is -0.388. The third-order valence-corrected chi connectivity index (χ3v) is 4.62. The molecular weight excluding hydrogens is 409 g/mol. The van der Waals surface area contributed by atoms with Gasteiger partial charge in [0.25, 0.3) is 0 Å². The zero-order valence-corrected chi connectivity index (χ0v) is 13.8. The molecule has 0 radical (unpaired) electrons. The normalized spacial score (nSPS) is 11.1. The maximum Gasteiger partial charge on any atom is 0.330 e. The Kier molecular flexibility index (Phi) is 4.47. The lowest BCUT2D eigenvalue weighted by Crippen LogP contribution is -2.04. The molecule has 0 saturated carbocycles. The Labute approximate surface area is 135 Å². The molecule has 2 aromatic rings. The average molecular weight is 419 g/mol. The molecule has 6 nitrogen and oxygen atoms in total. The van der Waals surface area contributed by atoms with Crippen molar-refractivity contribution in [1.82, 2.24) is 0 Å². The maximum atomic E-state index is 11.7. The van der Waals surface area contributed by atoms with Gasteiger partial charge in [-0.05, 0) is 46.9 Å². The Morgan fingerprint density at radius 2 is 1.71 bits per heavy atom. The molecule has 0 bridgehead atoms. The highest BCUT2D eigenvalue weighted by Gasteiger charge is 2.27. The molecule has 0 heterocycles. The van der Waals surface area contributed by atoms with Crippen molar-refractivity contribution in [1.29, 1.82) is 0 Å². The van der Waals surface area contributed by atoms with Crippen LogP contribution in [0.1, 0.15) is 0 Å². The zero-order valence-electron chi connectivity index (χ0n) is 10.8. The maximum absolute atomic E-state index is 11.7. The van der Waals surface area contributed by atoms with Gasteiger partial charge in [0.2, 0.25) is 5.75 Å². The summed E-state index contributed by atoms with van der Waals surface area (Å²) in [6, 6.07) is 10.9. The number of halogens is 1. The highest BCUT2D eigenvalue weighted by atomic mass is 127. The van der Waals surface area contributed by atoms with Gasteiger partial charge in [0.05, 0.1) is 8.49 Å². The van der Waals surface area contributed by atoms with Crippen molar-refractivity contribution in [2.24, 2.45) is 0 Å². The topological polar surface area (TPSA) is 86.5 Å². The van der Waals surface area contributed by atoms with Gasteiger partial charge in [0.15, 0.2) is 9.84 Å². The lowest BCUT2D eigenvalue weighted by atomic mass is 10.3. The minimum atomic E-state index is -3.73. The molecule has 0 aliphatic rings. The summed E-state index contributed by atoms with van der Waals surface area (Å²) in [7, 11) is -3.73. The van der Waals surface area contributed by atoms with Crippen molar-refractivity contribution in [3.8, 4) is 11.5 Å². The van der Waals surface area contributed by atoms with E-state index in [-0.39, 0.29) is 10.6 Å². The van der Waals surface area contributed by atoms with Crippen LogP contribution in [-0.4, -0.2) is 19.6 Å². The first-order valence-corrected chi connectivity index (χ1v) is 8.67. The molecule has 110 valence electrons. The number of hydrogen-bond donors (Lipinski definition) is 0. The van der Waals surface area contributed by atoms with Crippen LogP contribution in [0.4, 0.5) is 5.69 Å². The van der Waals surface area contributed by atoms with Crippen LogP contribution in [0.2, 0.25) is 0 Å². The molecule has 0 atom stereocenters. The molecule has 0 saturated heterocycles. The number of nitro benzene ring substituents is 1. The minimum Gasteiger partial charge on any atom is -0.449 e. The van der Waals surface area contributed by atoms with Crippen LogP contribution >= 0.6 is 22.6 Å². The van der Waals surface area contributed by atoms with Gasteiger partial charge in [-0.25, -0.2) is 8.42 Å². The van der Waals surface area contributed by atoms with E-state index in [0.29, 0.717) is 5.75 Å². The molecule has 0 spiro atoms. The predicted octanol–water partition coefficient (Wildman–Crippen LogP) is 3.40. The third-order valence-electron chi connectivity index (χ3n) is 2.60. The van der Waals surface area contributed by atoms with Crippen molar-refractivity contribution in [3.05, 3.63) is 56.1 Å². The number of sulfone groups is 1. The van der Waals surface area contributed by atoms with Crippen molar-refractivity contribution in [2.45, 2.75) is 4.90 Å². The van der Waals surface area contributed by atoms with E-state index in [1.165, 1.54) is 18.2 Å². The predicted molar refractivity (Wildman–Crippen MR) is 85.4 cm³/mol. The van der Waals surface area contributed by atoms with Crippen LogP contribution in [-0.2, 0) is 9.84 Å². The van der Waals surface area contributed by atoms with Gasteiger partial charge in [-0.2, -0.15) is 0 Å². The van der Waals surface area contributed by atoms with Gasteiger partial charge >= 0.3 is 5.69 Å². The molecule has 0 aliphatic carbocycles. The van der Waals surface area contributed by atoms with E-state index >= 15 is 0 Å². The van der Waals surface area contributed by atoms with Crippen LogP contribution < -0.4 is 4.74 Å². The highest BCUT2D eigenvalue weighted by molar-refractivity contribution is 14.1. The van der Waals surface area contributed by atoms with E-state index in [2.05, 4.69) is 0 Å². The van der Waals surface area contributed by atoms with Crippen molar-refractivity contribution in [2.75, 3.05) is 6.26 Å². The number of nitrogens with zero attached hydrogens (tertiary/aromatic N) is 1. The van der Waals surface area contributed by atoms with Gasteiger partial charge in [-0.1, -0.05) is 18.2 Å². The fourth-order valence-electron chi connectivity index (χ4n) is 1.71. The van der Waals surface area contributed by atoms with Crippen molar-refractivity contribution in [3.63, 3.8) is 0 Å². The van der Waals surface area contributed by atoms with E-state index in [0.717, 1.165) is 9.83 Å². The summed E-state index contributed by atoms with van der Waals surface area (Å²) >= 11 is 2.03. The highest BCUT2D eigenvalue weighted by Crippen LogP contribution is 2.37. The summed E-state index contributed by atoms with van der Waals surface area (Å²) in [6.45, 7) is 0. The number of hydrogen-bond acceptors (Lipinski definition) is 5. The smallest absolute Gasteiger partial charge is 0.330 e. The quantitative estimate of drug-likeness (QED) is 0.431. The SMILES string of the molecule is CS(=O)(=O)c1cccc(Oc2ccccc2I)c1[N+](=O)[O-]. The fourth-order valence-corrected chi connectivity index (χ4v) is 3.06. The molecule has 0 aromatic heterocycles. The van der Waals surface area contributed by atoms with Gasteiger partial charge < -0.3 is 4.74 Å². The van der Waals surface area contributed by atoms with Gasteiger partial charge in [-0.3, -0.25) is 10.1 Å². The summed E-state index contributed by atoms with van der Waals surface area (Å²) < 4.78 is 29.6. The third kappa shape index (κ3) is 3.50. The number of benzene rings is 2. The molecule has 21 heavy (non-hydrogen) atoms. The number of para-hydroxylation sites is 2. The van der Waals surface area contributed by atoms with Crippen molar-refractivity contribution < 1.29 is 18.1 Å². The second-order valence-electron chi connectivity index (χ2n) is 4.16. The summed E-state index contributed by atoms with van der Waals surface area (Å²) in [5.74, 6) is 0.318. The van der Waals surface area contributed by atoms with E-state index < -0.39 is 20.4 Å². The minimum absolute atomic E-state index is 0.105. The first kappa shape index (κ1) is 15.7. The fraction of sp³-hybridized carbons (Fsp3) is 0.0769. The molecular formula is C13H10INO5S. The number of ether oxygens (including phenoxy) is 1. The summed E-state index contributed by atoms with van der Waals surface area (Å²) in [5, 5.41) is 11.2. The van der Waals surface area contributed by atoms with Crippen LogP contribution in [0.3, 0.4) is 0 Å².